The number of rotatable bonds is 8. The molecule has 0 bridgehead atoms. The fourth-order valence-corrected chi connectivity index (χ4v) is 2.96. The molecule has 3 N–H and O–H groups in total. The number of amides is 3. The monoisotopic (exact) mass is 411 g/mol. The van der Waals surface area contributed by atoms with Crippen molar-refractivity contribution in [2.45, 2.75) is 39.8 Å². The van der Waals surface area contributed by atoms with Crippen molar-refractivity contribution in [3.63, 3.8) is 0 Å². The predicted octanol–water partition coefficient (Wildman–Crippen LogP) is 3.63. The SMILES string of the molecule is CC[C@H](C)[C@H](NC(=O)OCc1ccccc1)C(=O)Nc1cccc(C(=O)NC)c1C. The van der Waals surface area contributed by atoms with E-state index in [0.717, 1.165) is 5.56 Å². The third-order valence-electron chi connectivity index (χ3n) is 5.04. The first-order valence-electron chi connectivity index (χ1n) is 9.97. The molecule has 3 amide bonds. The molecule has 7 nitrogen and oxygen atoms in total. The third-order valence-corrected chi connectivity index (χ3v) is 5.04. The number of alkyl carbamates (subject to hydrolysis) is 1. The van der Waals surface area contributed by atoms with Crippen molar-refractivity contribution in [3.8, 4) is 0 Å². The highest BCUT2D eigenvalue weighted by Gasteiger charge is 2.27. The predicted molar refractivity (Wildman–Crippen MR) is 116 cm³/mol. The van der Waals surface area contributed by atoms with Gasteiger partial charge in [0.1, 0.15) is 12.6 Å². The fraction of sp³-hybridized carbons (Fsp3) is 0.348. The molecule has 0 spiro atoms. The molecule has 7 heteroatoms. The molecule has 2 rings (SSSR count). The zero-order valence-electron chi connectivity index (χ0n) is 17.8. The number of hydrogen-bond acceptors (Lipinski definition) is 4. The van der Waals surface area contributed by atoms with Crippen molar-refractivity contribution in [3.05, 3.63) is 65.2 Å². The van der Waals surface area contributed by atoms with Crippen LogP contribution < -0.4 is 16.0 Å². The summed E-state index contributed by atoms with van der Waals surface area (Å²) in [5.74, 6) is -0.709. The number of carbonyl (C=O) groups excluding carboxylic acids is 3. The Morgan fingerprint density at radius 3 is 2.37 bits per heavy atom. The summed E-state index contributed by atoms with van der Waals surface area (Å²) < 4.78 is 5.26. The van der Waals surface area contributed by atoms with Crippen LogP contribution in [0.15, 0.2) is 48.5 Å². The second-order valence-electron chi connectivity index (χ2n) is 7.12. The molecule has 2 aromatic rings. The number of anilines is 1. The van der Waals surface area contributed by atoms with E-state index in [-0.39, 0.29) is 24.3 Å². The Kier molecular flexibility index (Phi) is 8.41. The van der Waals surface area contributed by atoms with Crippen molar-refractivity contribution < 1.29 is 19.1 Å². The van der Waals surface area contributed by atoms with Gasteiger partial charge in [-0.05, 0) is 36.1 Å². The summed E-state index contributed by atoms with van der Waals surface area (Å²) in [4.78, 5) is 37.2. The number of benzene rings is 2. The van der Waals surface area contributed by atoms with Gasteiger partial charge in [-0.25, -0.2) is 4.79 Å². The third kappa shape index (κ3) is 6.07. The lowest BCUT2D eigenvalue weighted by Crippen LogP contribution is -2.48. The zero-order chi connectivity index (χ0) is 22.1. The van der Waals surface area contributed by atoms with Crippen LogP contribution in [-0.4, -0.2) is 31.0 Å². The molecule has 0 unspecified atom stereocenters. The van der Waals surface area contributed by atoms with Crippen LogP contribution >= 0.6 is 0 Å². The molecular formula is C23H29N3O4. The summed E-state index contributed by atoms with van der Waals surface area (Å²) in [6.07, 6.45) is 0.0315. The first-order chi connectivity index (χ1) is 14.4. The lowest BCUT2D eigenvalue weighted by Gasteiger charge is -2.24. The molecule has 0 fully saturated rings. The molecular weight excluding hydrogens is 382 g/mol. The summed E-state index contributed by atoms with van der Waals surface area (Å²) in [5, 5.41) is 8.09. The fourth-order valence-electron chi connectivity index (χ4n) is 2.96. The maximum absolute atomic E-state index is 12.9. The molecule has 0 saturated heterocycles. The molecule has 160 valence electrons. The molecule has 0 aliphatic heterocycles. The van der Waals surface area contributed by atoms with Crippen LogP contribution in [0, 0.1) is 12.8 Å². The summed E-state index contributed by atoms with van der Waals surface area (Å²) in [6, 6.07) is 13.7. The highest BCUT2D eigenvalue weighted by Crippen LogP contribution is 2.20. The Hall–Kier alpha value is -3.35. The number of ether oxygens (including phenoxy) is 1. The topological polar surface area (TPSA) is 96.5 Å². The number of nitrogens with one attached hydrogen (secondary N) is 3. The summed E-state index contributed by atoms with van der Waals surface area (Å²) in [6.45, 7) is 5.71. The van der Waals surface area contributed by atoms with Gasteiger partial charge in [-0.1, -0.05) is 56.7 Å². The van der Waals surface area contributed by atoms with Crippen LogP contribution in [0.2, 0.25) is 0 Å². The smallest absolute Gasteiger partial charge is 0.408 e. The molecule has 30 heavy (non-hydrogen) atoms. The molecule has 0 aromatic heterocycles. The summed E-state index contributed by atoms with van der Waals surface area (Å²) in [5.41, 5.74) is 2.51. The lowest BCUT2D eigenvalue weighted by atomic mass is 9.98. The first-order valence-corrected chi connectivity index (χ1v) is 9.97. The molecule has 0 saturated carbocycles. The lowest BCUT2D eigenvalue weighted by molar-refractivity contribution is -0.119. The van der Waals surface area contributed by atoms with Gasteiger partial charge in [-0.3, -0.25) is 9.59 Å². The minimum atomic E-state index is -0.777. The van der Waals surface area contributed by atoms with Gasteiger partial charge in [0.15, 0.2) is 0 Å². The molecule has 0 heterocycles. The minimum Gasteiger partial charge on any atom is -0.445 e. The van der Waals surface area contributed by atoms with E-state index in [4.69, 9.17) is 4.74 Å². The standard InChI is InChI=1S/C23H29N3O4/c1-5-15(2)20(26-23(29)30-14-17-10-7-6-8-11-17)22(28)25-19-13-9-12-18(16(19)3)21(27)24-4/h6-13,15,20H,5,14H2,1-4H3,(H,24,27)(H,25,28)(H,26,29)/t15-,20-/m0/s1. The Morgan fingerprint density at radius 2 is 1.73 bits per heavy atom. The van der Waals surface area contributed by atoms with Gasteiger partial charge in [0, 0.05) is 18.3 Å². The van der Waals surface area contributed by atoms with Crippen molar-refractivity contribution in [1.82, 2.24) is 10.6 Å². The van der Waals surface area contributed by atoms with Crippen LogP contribution in [-0.2, 0) is 16.1 Å². The summed E-state index contributed by atoms with van der Waals surface area (Å²) in [7, 11) is 1.55. The molecule has 0 radical (unpaired) electrons. The van der Waals surface area contributed by atoms with E-state index in [1.165, 1.54) is 0 Å². The maximum Gasteiger partial charge on any atom is 0.408 e. The van der Waals surface area contributed by atoms with Crippen LogP contribution in [0.5, 0.6) is 0 Å². The quantitative estimate of drug-likeness (QED) is 0.618. The van der Waals surface area contributed by atoms with E-state index in [9.17, 15) is 14.4 Å². The Balaban J connectivity index is 2.08. The van der Waals surface area contributed by atoms with Gasteiger partial charge in [0.05, 0.1) is 0 Å². The van der Waals surface area contributed by atoms with Crippen molar-refractivity contribution >= 4 is 23.6 Å². The highest BCUT2D eigenvalue weighted by atomic mass is 16.5. The normalized spacial score (nSPS) is 12.4. The van der Waals surface area contributed by atoms with Crippen molar-refractivity contribution in [1.29, 1.82) is 0 Å². The van der Waals surface area contributed by atoms with E-state index < -0.39 is 12.1 Å². The largest absolute Gasteiger partial charge is 0.445 e. The molecule has 2 atom stereocenters. The van der Waals surface area contributed by atoms with Crippen LogP contribution in [0.4, 0.5) is 10.5 Å². The maximum atomic E-state index is 12.9. The zero-order valence-corrected chi connectivity index (χ0v) is 17.8. The van der Waals surface area contributed by atoms with E-state index >= 15 is 0 Å². The Labute approximate surface area is 177 Å². The van der Waals surface area contributed by atoms with Gasteiger partial charge in [0.2, 0.25) is 5.91 Å². The van der Waals surface area contributed by atoms with Crippen molar-refractivity contribution in [2.24, 2.45) is 5.92 Å². The van der Waals surface area contributed by atoms with Crippen LogP contribution in [0.1, 0.15) is 41.8 Å². The van der Waals surface area contributed by atoms with E-state index in [1.54, 1.807) is 32.2 Å². The second kappa shape index (κ2) is 11.0. The van der Waals surface area contributed by atoms with Gasteiger partial charge in [-0.15, -0.1) is 0 Å². The molecule has 2 aromatic carbocycles. The average Bonchev–Trinajstić information content (AvgIpc) is 2.77. The van der Waals surface area contributed by atoms with Gasteiger partial charge in [-0.2, -0.15) is 0 Å². The minimum absolute atomic E-state index is 0.114. The molecule has 0 aliphatic rings. The average molecular weight is 412 g/mol. The Bertz CT molecular complexity index is 883. The number of carbonyl (C=O) groups is 3. The molecule has 0 aliphatic carbocycles. The van der Waals surface area contributed by atoms with E-state index in [1.807, 2.05) is 44.2 Å². The van der Waals surface area contributed by atoms with Gasteiger partial charge < -0.3 is 20.7 Å². The summed E-state index contributed by atoms with van der Waals surface area (Å²) >= 11 is 0. The van der Waals surface area contributed by atoms with Gasteiger partial charge in [0.25, 0.3) is 5.91 Å². The van der Waals surface area contributed by atoms with E-state index in [2.05, 4.69) is 16.0 Å². The van der Waals surface area contributed by atoms with E-state index in [0.29, 0.717) is 23.2 Å². The van der Waals surface area contributed by atoms with Crippen LogP contribution in [0.3, 0.4) is 0 Å². The second-order valence-corrected chi connectivity index (χ2v) is 7.12. The van der Waals surface area contributed by atoms with Crippen molar-refractivity contribution in [2.75, 3.05) is 12.4 Å². The highest BCUT2D eigenvalue weighted by molar-refractivity contribution is 6.01. The van der Waals surface area contributed by atoms with Crippen LogP contribution in [0.25, 0.3) is 0 Å². The number of hydrogen-bond donors (Lipinski definition) is 3. The first kappa shape index (κ1) is 22.9. The Morgan fingerprint density at radius 1 is 1.03 bits per heavy atom. The van der Waals surface area contributed by atoms with Gasteiger partial charge >= 0.3 is 6.09 Å².